The SMILES string of the molecule is CC1(Cn2c(C(F)(F)F)nc3c2CCNC3)CCCCC1. The van der Waals surface area contributed by atoms with E-state index in [0.717, 1.165) is 37.9 Å². The standard InChI is InChI=1S/C15H22F3N3/c1-14(6-3-2-4-7-14)10-21-12-5-8-19-9-11(12)20-13(21)15(16,17)18/h19H,2-10H2,1H3. The maximum atomic E-state index is 13.3. The highest BCUT2D eigenvalue weighted by atomic mass is 19.4. The lowest BCUT2D eigenvalue weighted by molar-refractivity contribution is -0.148. The van der Waals surface area contributed by atoms with Gasteiger partial charge in [0, 0.05) is 31.7 Å². The van der Waals surface area contributed by atoms with E-state index in [9.17, 15) is 13.2 Å². The molecule has 0 saturated heterocycles. The number of rotatable bonds is 2. The third-order valence-electron chi connectivity index (χ3n) is 4.84. The van der Waals surface area contributed by atoms with E-state index in [1.54, 1.807) is 0 Å². The molecule has 21 heavy (non-hydrogen) atoms. The van der Waals surface area contributed by atoms with Crippen molar-refractivity contribution in [2.45, 2.75) is 64.7 Å². The molecule has 1 saturated carbocycles. The lowest BCUT2D eigenvalue weighted by atomic mass is 9.75. The van der Waals surface area contributed by atoms with Gasteiger partial charge in [0.2, 0.25) is 5.82 Å². The number of alkyl halides is 3. The Kier molecular flexibility index (Phi) is 3.76. The van der Waals surface area contributed by atoms with Crippen molar-refractivity contribution in [3.05, 3.63) is 17.2 Å². The van der Waals surface area contributed by atoms with Crippen molar-refractivity contribution in [3.63, 3.8) is 0 Å². The predicted octanol–water partition coefficient (Wildman–Crippen LogP) is 3.52. The van der Waals surface area contributed by atoms with Crippen molar-refractivity contribution < 1.29 is 13.2 Å². The largest absolute Gasteiger partial charge is 0.449 e. The molecule has 0 unspecified atom stereocenters. The average Bonchev–Trinajstić information content (AvgIpc) is 2.78. The highest BCUT2D eigenvalue weighted by Crippen LogP contribution is 2.40. The number of hydrogen-bond acceptors (Lipinski definition) is 2. The molecule has 1 N–H and O–H groups in total. The van der Waals surface area contributed by atoms with E-state index in [0.29, 0.717) is 25.2 Å². The van der Waals surface area contributed by atoms with Crippen LogP contribution in [-0.2, 0) is 25.7 Å². The molecule has 0 spiro atoms. The minimum atomic E-state index is -4.37. The summed E-state index contributed by atoms with van der Waals surface area (Å²) in [5.41, 5.74) is 1.33. The van der Waals surface area contributed by atoms with Gasteiger partial charge in [0.25, 0.3) is 0 Å². The molecule has 1 fully saturated rings. The molecule has 0 radical (unpaired) electrons. The maximum Gasteiger partial charge on any atom is 0.449 e. The maximum absolute atomic E-state index is 13.3. The number of fused-ring (bicyclic) bond motifs is 1. The van der Waals surface area contributed by atoms with Crippen LogP contribution >= 0.6 is 0 Å². The molecule has 118 valence electrons. The third kappa shape index (κ3) is 2.96. The van der Waals surface area contributed by atoms with Crippen LogP contribution in [0.25, 0.3) is 0 Å². The monoisotopic (exact) mass is 301 g/mol. The van der Waals surface area contributed by atoms with Crippen molar-refractivity contribution in [3.8, 4) is 0 Å². The summed E-state index contributed by atoms with van der Waals surface area (Å²) in [6, 6.07) is 0. The average molecular weight is 301 g/mol. The molecule has 0 amide bonds. The first kappa shape index (κ1) is 14.9. The lowest BCUT2D eigenvalue weighted by Gasteiger charge is -2.35. The second-order valence-corrected chi connectivity index (χ2v) is 6.71. The van der Waals surface area contributed by atoms with Gasteiger partial charge in [-0.3, -0.25) is 0 Å². The Morgan fingerprint density at radius 1 is 1.24 bits per heavy atom. The van der Waals surface area contributed by atoms with E-state index in [4.69, 9.17) is 0 Å². The van der Waals surface area contributed by atoms with Gasteiger partial charge < -0.3 is 9.88 Å². The van der Waals surface area contributed by atoms with Crippen LogP contribution in [0.1, 0.15) is 56.2 Å². The summed E-state index contributed by atoms with van der Waals surface area (Å²) >= 11 is 0. The molecule has 0 bridgehead atoms. The Morgan fingerprint density at radius 2 is 1.95 bits per heavy atom. The number of halogens is 3. The Bertz CT molecular complexity index is 513. The van der Waals surface area contributed by atoms with Crippen LogP contribution in [0, 0.1) is 5.41 Å². The molecule has 1 aromatic heterocycles. The van der Waals surface area contributed by atoms with Gasteiger partial charge in [0.1, 0.15) is 0 Å². The predicted molar refractivity (Wildman–Crippen MR) is 73.8 cm³/mol. The van der Waals surface area contributed by atoms with Crippen LogP contribution in [0.15, 0.2) is 0 Å². The highest BCUT2D eigenvalue weighted by molar-refractivity contribution is 5.22. The number of nitrogens with one attached hydrogen (secondary N) is 1. The molecule has 1 aromatic rings. The van der Waals surface area contributed by atoms with Crippen LogP contribution < -0.4 is 5.32 Å². The Labute approximate surface area is 122 Å². The third-order valence-corrected chi connectivity index (χ3v) is 4.84. The zero-order valence-corrected chi connectivity index (χ0v) is 12.4. The van der Waals surface area contributed by atoms with Crippen molar-refractivity contribution >= 4 is 0 Å². The van der Waals surface area contributed by atoms with E-state index in [1.165, 1.54) is 11.0 Å². The fraction of sp³-hybridized carbons (Fsp3) is 0.800. The molecule has 3 nitrogen and oxygen atoms in total. The van der Waals surface area contributed by atoms with Gasteiger partial charge in [0.15, 0.2) is 0 Å². The summed E-state index contributed by atoms with van der Waals surface area (Å²) in [6.07, 6.45) is 1.72. The second-order valence-electron chi connectivity index (χ2n) is 6.71. The molecule has 6 heteroatoms. The molecule has 3 rings (SSSR count). The van der Waals surface area contributed by atoms with Crippen LogP contribution in [0.4, 0.5) is 13.2 Å². The minimum absolute atomic E-state index is 0.0302. The van der Waals surface area contributed by atoms with E-state index >= 15 is 0 Å². The first-order chi connectivity index (χ1) is 9.89. The Morgan fingerprint density at radius 3 is 2.62 bits per heavy atom. The summed E-state index contributed by atoms with van der Waals surface area (Å²) in [4.78, 5) is 3.89. The Hall–Kier alpha value is -1.04. The summed E-state index contributed by atoms with van der Waals surface area (Å²) in [5.74, 6) is -0.706. The molecular formula is C15H22F3N3. The van der Waals surface area contributed by atoms with Gasteiger partial charge in [-0.05, 0) is 18.3 Å². The smallest absolute Gasteiger partial charge is 0.324 e. The number of hydrogen-bond donors (Lipinski definition) is 1. The van der Waals surface area contributed by atoms with Crippen molar-refractivity contribution in [2.75, 3.05) is 6.54 Å². The zero-order valence-electron chi connectivity index (χ0n) is 12.4. The van der Waals surface area contributed by atoms with Crippen LogP contribution in [0.2, 0.25) is 0 Å². The van der Waals surface area contributed by atoms with Gasteiger partial charge >= 0.3 is 6.18 Å². The first-order valence-corrected chi connectivity index (χ1v) is 7.75. The Balaban J connectivity index is 1.97. The molecular weight excluding hydrogens is 279 g/mol. The quantitative estimate of drug-likeness (QED) is 0.906. The van der Waals surface area contributed by atoms with Gasteiger partial charge in [-0.2, -0.15) is 13.2 Å². The summed E-state index contributed by atoms with van der Waals surface area (Å²) in [5, 5.41) is 3.10. The molecule has 2 heterocycles. The van der Waals surface area contributed by atoms with E-state index < -0.39 is 12.0 Å². The summed E-state index contributed by atoms with van der Waals surface area (Å²) < 4.78 is 41.4. The fourth-order valence-electron chi connectivity index (χ4n) is 3.70. The van der Waals surface area contributed by atoms with Crippen molar-refractivity contribution in [1.82, 2.24) is 14.9 Å². The minimum Gasteiger partial charge on any atom is -0.324 e. The number of aromatic nitrogens is 2. The topological polar surface area (TPSA) is 29.9 Å². The first-order valence-electron chi connectivity index (χ1n) is 7.75. The van der Waals surface area contributed by atoms with Gasteiger partial charge in [-0.1, -0.05) is 26.2 Å². The molecule has 2 aliphatic rings. The zero-order chi connectivity index (χ0) is 15.1. The summed E-state index contributed by atoms with van der Waals surface area (Å²) in [7, 11) is 0. The molecule has 1 aliphatic carbocycles. The van der Waals surface area contributed by atoms with Crippen LogP contribution in [0.3, 0.4) is 0 Å². The van der Waals surface area contributed by atoms with Gasteiger partial charge in [-0.25, -0.2) is 4.98 Å². The van der Waals surface area contributed by atoms with Gasteiger partial charge in [0.05, 0.1) is 5.69 Å². The summed E-state index contributed by atoms with van der Waals surface area (Å²) in [6.45, 7) is 3.75. The number of imidazole rings is 1. The molecule has 0 aromatic carbocycles. The highest BCUT2D eigenvalue weighted by Gasteiger charge is 2.41. The molecule has 1 aliphatic heterocycles. The second kappa shape index (κ2) is 5.30. The normalized spacial score (nSPS) is 22.1. The number of nitrogens with zero attached hydrogens (tertiary/aromatic N) is 2. The van der Waals surface area contributed by atoms with Crippen LogP contribution in [0.5, 0.6) is 0 Å². The molecule has 0 atom stereocenters. The van der Waals surface area contributed by atoms with Gasteiger partial charge in [-0.15, -0.1) is 0 Å². The lowest BCUT2D eigenvalue weighted by Crippen LogP contribution is -2.31. The van der Waals surface area contributed by atoms with Crippen molar-refractivity contribution in [1.29, 1.82) is 0 Å². The van der Waals surface area contributed by atoms with Crippen LogP contribution in [-0.4, -0.2) is 16.1 Å². The van der Waals surface area contributed by atoms with E-state index in [-0.39, 0.29) is 5.41 Å². The fourth-order valence-corrected chi connectivity index (χ4v) is 3.70. The van der Waals surface area contributed by atoms with E-state index in [1.807, 2.05) is 0 Å². The van der Waals surface area contributed by atoms with Crippen molar-refractivity contribution in [2.24, 2.45) is 5.41 Å². The van der Waals surface area contributed by atoms with E-state index in [2.05, 4.69) is 17.2 Å².